The van der Waals surface area contributed by atoms with Gasteiger partial charge >= 0.3 is 0 Å². The minimum absolute atomic E-state index is 0.0470. The molecule has 0 radical (unpaired) electrons. The predicted octanol–water partition coefficient (Wildman–Crippen LogP) is 3.03. The molecule has 0 aliphatic rings. The Balaban J connectivity index is 2.70. The van der Waals surface area contributed by atoms with Crippen LogP contribution in [0.25, 0.3) is 0 Å². The standard InChI is InChI=1S/C14H22FNO/c1-4-13(16-10-14(3,17)5-2)11-8-6-7-9-12(11)15/h6-9,13,16-17H,4-5,10H2,1-3H3. The van der Waals surface area contributed by atoms with Gasteiger partial charge in [-0.25, -0.2) is 4.39 Å². The quantitative estimate of drug-likeness (QED) is 0.799. The zero-order chi connectivity index (χ0) is 12.9. The number of nitrogens with one attached hydrogen (secondary N) is 1. The van der Waals surface area contributed by atoms with Crippen molar-refractivity contribution in [2.24, 2.45) is 0 Å². The third-order valence-corrected chi connectivity index (χ3v) is 3.18. The second-order valence-electron chi connectivity index (χ2n) is 4.71. The van der Waals surface area contributed by atoms with E-state index in [1.165, 1.54) is 6.07 Å². The fraction of sp³-hybridized carbons (Fsp3) is 0.571. The summed E-state index contributed by atoms with van der Waals surface area (Å²) in [7, 11) is 0. The summed E-state index contributed by atoms with van der Waals surface area (Å²) < 4.78 is 13.6. The molecule has 3 heteroatoms. The number of rotatable bonds is 6. The van der Waals surface area contributed by atoms with Crippen molar-refractivity contribution >= 4 is 0 Å². The minimum Gasteiger partial charge on any atom is -0.389 e. The van der Waals surface area contributed by atoms with Crippen LogP contribution in [-0.4, -0.2) is 17.3 Å². The highest BCUT2D eigenvalue weighted by Gasteiger charge is 2.20. The second kappa shape index (κ2) is 6.12. The van der Waals surface area contributed by atoms with Crippen molar-refractivity contribution < 1.29 is 9.50 Å². The van der Waals surface area contributed by atoms with E-state index in [0.717, 1.165) is 6.42 Å². The van der Waals surface area contributed by atoms with Gasteiger partial charge in [-0.05, 0) is 25.8 Å². The van der Waals surface area contributed by atoms with Crippen LogP contribution in [0.5, 0.6) is 0 Å². The molecule has 96 valence electrons. The Labute approximate surface area is 103 Å². The fourth-order valence-electron chi connectivity index (χ4n) is 1.70. The lowest BCUT2D eigenvalue weighted by Crippen LogP contribution is -2.39. The molecule has 0 aliphatic heterocycles. The minimum atomic E-state index is -0.737. The van der Waals surface area contributed by atoms with Crippen LogP contribution in [0, 0.1) is 5.82 Å². The first-order valence-corrected chi connectivity index (χ1v) is 6.20. The molecule has 0 heterocycles. The van der Waals surface area contributed by atoms with Crippen molar-refractivity contribution in [3.8, 4) is 0 Å². The molecule has 2 nitrogen and oxygen atoms in total. The molecule has 2 atom stereocenters. The van der Waals surface area contributed by atoms with Crippen molar-refractivity contribution in [2.45, 2.75) is 45.3 Å². The number of halogens is 1. The molecule has 17 heavy (non-hydrogen) atoms. The second-order valence-corrected chi connectivity index (χ2v) is 4.71. The summed E-state index contributed by atoms with van der Waals surface area (Å²) in [6.45, 7) is 6.20. The first-order chi connectivity index (χ1) is 8.00. The molecule has 1 rings (SSSR count). The van der Waals surface area contributed by atoms with Crippen LogP contribution in [0.2, 0.25) is 0 Å². The van der Waals surface area contributed by atoms with Crippen LogP contribution in [-0.2, 0) is 0 Å². The summed E-state index contributed by atoms with van der Waals surface area (Å²) in [5.74, 6) is -0.192. The van der Waals surface area contributed by atoms with E-state index in [0.29, 0.717) is 18.5 Å². The lowest BCUT2D eigenvalue weighted by Gasteiger charge is -2.26. The molecule has 2 N–H and O–H groups in total. The van der Waals surface area contributed by atoms with Crippen LogP contribution in [0.15, 0.2) is 24.3 Å². The van der Waals surface area contributed by atoms with Crippen LogP contribution in [0.1, 0.15) is 45.2 Å². The largest absolute Gasteiger partial charge is 0.389 e. The number of benzene rings is 1. The van der Waals surface area contributed by atoms with E-state index in [1.807, 2.05) is 19.9 Å². The Morgan fingerprint density at radius 3 is 2.53 bits per heavy atom. The monoisotopic (exact) mass is 239 g/mol. The molecule has 0 saturated heterocycles. The van der Waals surface area contributed by atoms with Gasteiger partial charge in [-0.1, -0.05) is 32.0 Å². The van der Waals surface area contributed by atoms with E-state index in [4.69, 9.17) is 0 Å². The average molecular weight is 239 g/mol. The highest BCUT2D eigenvalue weighted by molar-refractivity contribution is 5.21. The summed E-state index contributed by atoms with van der Waals surface area (Å²) in [6.07, 6.45) is 1.47. The lowest BCUT2D eigenvalue weighted by molar-refractivity contribution is 0.0525. The van der Waals surface area contributed by atoms with E-state index in [1.54, 1.807) is 19.1 Å². The van der Waals surface area contributed by atoms with Crippen molar-refractivity contribution in [1.82, 2.24) is 5.32 Å². The van der Waals surface area contributed by atoms with Crippen LogP contribution in [0.3, 0.4) is 0 Å². The average Bonchev–Trinajstić information content (AvgIpc) is 2.32. The molecular formula is C14H22FNO. The van der Waals surface area contributed by atoms with Gasteiger partial charge in [0.15, 0.2) is 0 Å². The first-order valence-electron chi connectivity index (χ1n) is 6.20. The molecule has 0 amide bonds. The maximum absolute atomic E-state index is 13.6. The van der Waals surface area contributed by atoms with Gasteiger partial charge in [0.25, 0.3) is 0 Å². The molecule has 0 spiro atoms. The summed E-state index contributed by atoms with van der Waals surface area (Å²) in [5, 5.41) is 13.2. The summed E-state index contributed by atoms with van der Waals surface area (Å²) >= 11 is 0. The molecule has 0 aromatic heterocycles. The molecular weight excluding hydrogens is 217 g/mol. The Bertz CT molecular complexity index is 352. The maximum atomic E-state index is 13.6. The predicted molar refractivity (Wildman–Crippen MR) is 68.3 cm³/mol. The van der Waals surface area contributed by atoms with Gasteiger partial charge in [0.05, 0.1) is 5.60 Å². The van der Waals surface area contributed by atoms with Gasteiger partial charge in [0, 0.05) is 18.2 Å². The highest BCUT2D eigenvalue weighted by atomic mass is 19.1. The molecule has 0 aliphatic carbocycles. The Kier molecular flexibility index (Phi) is 5.09. The van der Waals surface area contributed by atoms with Crippen molar-refractivity contribution in [3.63, 3.8) is 0 Å². The van der Waals surface area contributed by atoms with Crippen molar-refractivity contribution in [3.05, 3.63) is 35.6 Å². The molecule has 0 bridgehead atoms. The highest BCUT2D eigenvalue weighted by Crippen LogP contribution is 2.20. The Morgan fingerprint density at radius 1 is 1.35 bits per heavy atom. The molecule has 2 unspecified atom stereocenters. The molecule has 0 saturated carbocycles. The van der Waals surface area contributed by atoms with Crippen molar-refractivity contribution in [1.29, 1.82) is 0 Å². The van der Waals surface area contributed by atoms with Gasteiger partial charge < -0.3 is 10.4 Å². The van der Waals surface area contributed by atoms with Crippen molar-refractivity contribution in [2.75, 3.05) is 6.54 Å². The van der Waals surface area contributed by atoms with Crippen LogP contribution in [0.4, 0.5) is 4.39 Å². The third kappa shape index (κ3) is 4.10. The summed E-state index contributed by atoms with van der Waals surface area (Å²) in [6, 6.07) is 6.73. The van der Waals surface area contributed by atoms with Crippen LogP contribution >= 0.6 is 0 Å². The van der Waals surface area contributed by atoms with Gasteiger partial charge in [0.1, 0.15) is 5.82 Å². The maximum Gasteiger partial charge on any atom is 0.127 e. The zero-order valence-corrected chi connectivity index (χ0v) is 10.8. The van der Waals surface area contributed by atoms with E-state index in [-0.39, 0.29) is 11.9 Å². The van der Waals surface area contributed by atoms with E-state index in [2.05, 4.69) is 5.32 Å². The molecule has 1 aromatic carbocycles. The Hall–Kier alpha value is -0.930. The fourth-order valence-corrected chi connectivity index (χ4v) is 1.70. The number of hydrogen-bond acceptors (Lipinski definition) is 2. The number of aliphatic hydroxyl groups is 1. The Morgan fingerprint density at radius 2 is 2.00 bits per heavy atom. The zero-order valence-electron chi connectivity index (χ0n) is 10.8. The normalized spacial score (nSPS) is 16.5. The van der Waals surface area contributed by atoms with Gasteiger partial charge in [-0.2, -0.15) is 0 Å². The van der Waals surface area contributed by atoms with E-state index < -0.39 is 5.60 Å². The SMILES string of the molecule is CCC(NCC(C)(O)CC)c1ccccc1F. The van der Waals surface area contributed by atoms with Gasteiger partial charge in [0.2, 0.25) is 0 Å². The molecule has 1 aromatic rings. The van der Waals surface area contributed by atoms with E-state index in [9.17, 15) is 9.50 Å². The topological polar surface area (TPSA) is 32.3 Å². The van der Waals surface area contributed by atoms with E-state index >= 15 is 0 Å². The summed E-state index contributed by atoms with van der Waals surface area (Å²) in [5.41, 5.74) is -0.0690. The summed E-state index contributed by atoms with van der Waals surface area (Å²) in [4.78, 5) is 0. The third-order valence-electron chi connectivity index (χ3n) is 3.18. The smallest absolute Gasteiger partial charge is 0.127 e. The van der Waals surface area contributed by atoms with Crippen LogP contribution < -0.4 is 5.32 Å². The van der Waals surface area contributed by atoms with Gasteiger partial charge in [-0.3, -0.25) is 0 Å². The number of hydrogen-bond donors (Lipinski definition) is 2. The lowest BCUT2D eigenvalue weighted by atomic mass is 10.00. The molecule has 0 fully saturated rings. The van der Waals surface area contributed by atoms with Gasteiger partial charge in [-0.15, -0.1) is 0 Å². The first kappa shape index (κ1) is 14.1.